The number of nitrogen functional groups attached to an aromatic ring is 1. The molecular weight excluding hydrogens is 500 g/mol. The second-order valence-corrected chi connectivity index (χ2v) is 9.99. The smallest absolute Gasteiger partial charge is 0.205 e. The van der Waals surface area contributed by atoms with Gasteiger partial charge in [0, 0.05) is 51.7 Å². The molecule has 10 heteroatoms. The molecule has 1 saturated heterocycles. The monoisotopic (exact) mass is 521 g/mol. The van der Waals surface area contributed by atoms with Crippen molar-refractivity contribution >= 4 is 51.3 Å². The zero-order chi connectivity index (χ0) is 23.8. The van der Waals surface area contributed by atoms with Gasteiger partial charge in [0.05, 0.1) is 23.6 Å². The van der Waals surface area contributed by atoms with Crippen molar-refractivity contribution < 1.29 is 18.3 Å². The van der Waals surface area contributed by atoms with Crippen LogP contribution in [0.15, 0.2) is 41.1 Å². The average molecular weight is 522 g/mol. The van der Waals surface area contributed by atoms with Crippen LogP contribution in [-0.2, 0) is 11.3 Å². The van der Waals surface area contributed by atoms with Gasteiger partial charge in [0.1, 0.15) is 18.2 Å². The minimum absolute atomic E-state index is 0.0924. The zero-order valence-corrected chi connectivity index (χ0v) is 20.6. The summed E-state index contributed by atoms with van der Waals surface area (Å²) in [5.74, 6) is -0.160. The normalized spacial score (nSPS) is 15.6. The topological polar surface area (TPSA) is 73.8 Å². The SMILES string of the molecule is C[C@@H](Oc1c(N)ncc2c(-c3ccc(CN4CCOCC4)s3)coc12)c1c(Cl)ccc(F)c1Cl. The fourth-order valence-corrected chi connectivity index (χ4v) is 5.77. The van der Waals surface area contributed by atoms with Gasteiger partial charge >= 0.3 is 0 Å². The molecule has 34 heavy (non-hydrogen) atoms. The Labute approximate surface area is 210 Å². The maximum absolute atomic E-state index is 14.0. The van der Waals surface area contributed by atoms with E-state index in [1.807, 2.05) is 0 Å². The number of pyridine rings is 1. The van der Waals surface area contributed by atoms with Crippen molar-refractivity contribution in [3.63, 3.8) is 0 Å². The van der Waals surface area contributed by atoms with Gasteiger partial charge in [0.25, 0.3) is 0 Å². The molecule has 1 aliphatic heterocycles. The Balaban J connectivity index is 1.44. The summed E-state index contributed by atoms with van der Waals surface area (Å²) in [4.78, 5) is 9.01. The minimum Gasteiger partial charge on any atom is -0.478 e. The summed E-state index contributed by atoms with van der Waals surface area (Å²) in [5, 5.41) is 0.974. The van der Waals surface area contributed by atoms with E-state index in [0.29, 0.717) is 16.2 Å². The van der Waals surface area contributed by atoms with Crippen molar-refractivity contribution in [2.24, 2.45) is 0 Å². The minimum atomic E-state index is -0.694. The van der Waals surface area contributed by atoms with Crippen LogP contribution in [0.25, 0.3) is 21.4 Å². The van der Waals surface area contributed by atoms with Gasteiger partial charge in [-0.25, -0.2) is 9.37 Å². The Hall–Kier alpha value is -2.36. The molecule has 1 fully saturated rings. The molecule has 0 bridgehead atoms. The highest BCUT2D eigenvalue weighted by Crippen LogP contribution is 2.42. The number of morpholine rings is 1. The number of hydrogen-bond acceptors (Lipinski definition) is 7. The molecule has 1 atom stereocenters. The Morgan fingerprint density at radius 3 is 2.82 bits per heavy atom. The lowest BCUT2D eigenvalue weighted by Gasteiger charge is -2.25. The summed E-state index contributed by atoms with van der Waals surface area (Å²) in [7, 11) is 0. The van der Waals surface area contributed by atoms with Gasteiger partial charge in [0.15, 0.2) is 11.4 Å². The quantitative estimate of drug-likeness (QED) is 0.289. The number of benzene rings is 1. The molecule has 178 valence electrons. The lowest BCUT2D eigenvalue weighted by Crippen LogP contribution is -2.35. The van der Waals surface area contributed by atoms with Gasteiger partial charge in [-0.3, -0.25) is 4.90 Å². The summed E-state index contributed by atoms with van der Waals surface area (Å²) >= 11 is 14.1. The van der Waals surface area contributed by atoms with Gasteiger partial charge in [-0.05, 0) is 31.2 Å². The lowest BCUT2D eigenvalue weighted by atomic mass is 10.1. The molecular formula is C24H22Cl2FN3O3S. The van der Waals surface area contributed by atoms with Crippen LogP contribution < -0.4 is 10.5 Å². The number of aromatic nitrogens is 1. The molecule has 0 aliphatic carbocycles. The molecule has 0 saturated carbocycles. The summed E-state index contributed by atoms with van der Waals surface area (Å²) < 4.78 is 31.4. The molecule has 1 aromatic carbocycles. The van der Waals surface area contributed by atoms with Crippen LogP contribution in [0.5, 0.6) is 5.75 Å². The van der Waals surface area contributed by atoms with Gasteiger partial charge < -0.3 is 19.6 Å². The van der Waals surface area contributed by atoms with E-state index in [1.165, 1.54) is 17.0 Å². The molecule has 5 rings (SSSR count). The van der Waals surface area contributed by atoms with E-state index in [4.69, 9.17) is 42.8 Å². The largest absolute Gasteiger partial charge is 0.478 e. The van der Waals surface area contributed by atoms with Crippen LogP contribution in [0.3, 0.4) is 0 Å². The highest BCUT2D eigenvalue weighted by Gasteiger charge is 2.23. The van der Waals surface area contributed by atoms with Crippen molar-refractivity contribution in [3.8, 4) is 16.2 Å². The number of hydrogen-bond donors (Lipinski definition) is 1. The fourth-order valence-electron chi connectivity index (χ4n) is 4.02. The van der Waals surface area contributed by atoms with Gasteiger partial charge in [-0.15, -0.1) is 11.3 Å². The van der Waals surface area contributed by atoms with E-state index in [2.05, 4.69) is 22.0 Å². The van der Waals surface area contributed by atoms with Gasteiger partial charge in [-0.1, -0.05) is 23.2 Å². The van der Waals surface area contributed by atoms with Crippen molar-refractivity contribution in [1.82, 2.24) is 9.88 Å². The van der Waals surface area contributed by atoms with Crippen molar-refractivity contribution in [2.45, 2.75) is 19.6 Å². The molecule has 0 spiro atoms. The van der Waals surface area contributed by atoms with E-state index < -0.39 is 11.9 Å². The second-order valence-electron chi connectivity index (χ2n) is 8.04. The van der Waals surface area contributed by atoms with Crippen LogP contribution in [0, 0.1) is 5.82 Å². The van der Waals surface area contributed by atoms with E-state index in [9.17, 15) is 4.39 Å². The van der Waals surface area contributed by atoms with E-state index >= 15 is 0 Å². The Morgan fingerprint density at radius 2 is 2.03 bits per heavy atom. The first-order valence-electron chi connectivity index (χ1n) is 10.8. The van der Waals surface area contributed by atoms with Crippen LogP contribution in [0.1, 0.15) is 23.5 Å². The van der Waals surface area contributed by atoms with Crippen molar-refractivity contribution in [2.75, 3.05) is 32.0 Å². The first-order valence-corrected chi connectivity index (χ1v) is 12.3. The summed E-state index contributed by atoms with van der Waals surface area (Å²) in [5.41, 5.74) is 7.82. The molecule has 3 aromatic heterocycles. The van der Waals surface area contributed by atoms with E-state index in [1.54, 1.807) is 30.7 Å². The van der Waals surface area contributed by atoms with Gasteiger partial charge in [0.2, 0.25) is 5.75 Å². The number of furan rings is 1. The van der Waals surface area contributed by atoms with Crippen LogP contribution in [-0.4, -0.2) is 36.2 Å². The maximum atomic E-state index is 14.0. The number of rotatable bonds is 6. The maximum Gasteiger partial charge on any atom is 0.205 e. The molecule has 4 aromatic rings. The predicted octanol–water partition coefficient (Wildman–Crippen LogP) is 6.56. The summed E-state index contributed by atoms with van der Waals surface area (Å²) in [6, 6.07) is 6.87. The highest BCUT2D eigenvalue weighted by molar-refractivity contribution is 7.15. The number of nitrogens with zero attached hydrogens (tertiary/aromatic N) is 2. The number of ether oxygens (including phenoxy) is 2. The van der Waals surface area contributed by atoms with Crippen molar-refractivity contribution in [3.05, 3.63) is 63.0 Å². The average Bonchev–Trinajstić information content (AvgIpc) is 3.46. The highest BCUT2D eigenvalue weighted by atomic mass is 35.5. The second kappa shape index (κ2) is 9.71. The summed E-state index contributed by atoms with van der Waals surface area (Å²) in [6.07, 6.45) is 2.65. The van der Waals surface area contributed by atoms with Gasteiger partial charge in [-0.2, -0.15) is 0 Å². The number of fused-ring (bicyclic) bond motifs is 1. The number of thiophene rings is 1. The van der Waals surface area contributed by atoms with E-state index in [-0.39, 0.29) is 16.6 Å². The Kier molecular flexibility index (Phi) is 6.68. The molecule has 4 heterocycles. The molecule has 0 radical (unpaired) electrons. The number of anilines is 1. The molecule has 0 amide bonds. The molecule has 0 unspecified atom stereocenters. The summed E-state index contributed by atoms with van der Waals surface area (Å²) in [6.45, 7) is 6.00. The van der Waals surface area contributed by atoms with Crippen molar-refractivity contribution in [1.29, 1.82) is 0 Å². The number of halogens is 3. The third-order valence-electron chi connectivity index (χ3n) is 5.79. The molecule has 2 N–H and O–H groups in total. The third kappa shape index (κ3) is 4.48. The van der Waals surface area contributed by atoms with Crippen LogP contribution in [0.2, 0.25) is 10.0 Å². The standard InChI is InChI=1S/C24H22Cl2FN3O3S/c1-13(20-17(25)3-4-18(27)21(20)26)33-23-22-15(10-29-24(23)28)16(12-32-22)19-5-2-14(34-19)11-30-6-8-31-9-7-30/h2-5,10,12-13H,6-9,11H2,1H3,(H2,28,29)/t13-/m1/s1. The first-order chi connectivity index (χ1) is 16.4. The molecule has 1 aliphatic rings. The lowest BCUT2D eigenvalue weighted by molar-refractivity contribution is 0.0346. The van der Waals surface area contributed by atoms with Crippen LogP contribution in [0.4, 0.5) is 10.2 Å². The zero-order valence-electron chi connectivity index (χ0n) is 18.3. The Morgan fingerprint density at radius 1 is 1.24 bits per heavy atom. The Bertz CT molecular complexity index is 1340. The predicted molar refractivity (Wildman–Crippen MR) is 133 cm³/mol. The van der Waals surface area contributed by atoms with Crippen LogP contribution >= 0.6 is 34.5 Å². The first kappa shape index (κ1) is 23.4. The molecule has 6 nitrogen and oxygen atoms in total. The van der Waals surface area contributed by atoms with E-state index in [0.717, 1.165) is 48.7 Å². The third-order valence-corrected chi connectivity index (χ3v) is 7.61. The number of nitrogens with two attached hydrogens (primary N) is 1. The fraction of sp³-hybridized carbons (Fsp3) is 0.292.